The Kier molecular flexibility index (Phi) is 4.04. The predicted octanol–water partition coefficient (Wildman–Crippen LogP) is 3.47. The van der Waals surface area contributed by atoms with Crippen molar-refractivity contribution in [2.75, 3.05) is 5.32 Å². The van der Waals surface area contributed by atoms with Crippen LogP contribution in [0.3, 0.4) is 0 Å². The summed E-state index contributed by atoms with van der Waals surface area (Å²) in [5.41, 5.74) is 0.532. The molecule has 27 heavy (non-hydrogen) atoms. The van der Waals surface area contributed by atoms with Crippen molar-refractivity contribution in [3.8, 4) is 0 Å². The van der Waals surface area contributed by atoms with E-state index in [0.717, 1.165) is 4.90 Å². The number of imide groups is 1. The van der Waals surface area contributed by atoms with Crippen LogP contribution >= 0.6 is 0 Å². The average Bonchev–Trinajstić information content (AvgIpc) is 3.26. The third-order valence-corrected chi connectivity index (χ3v) is 4.25. The maximum Gasteiger partial charge on any atom is 0.261 e. The van der Waals surface area contributed by atoms with Gasteiger partial charge in [0, 0.05) is 5.56 Å². The van der Waals surface area contributed by atoms with E-state index in [-0.39, 0.29) is 28.9 Å². The molecule has 3 aromatic rings. The second kappa shape index (κ2) is 6.53. The van der Waals surface area contributed by atoms with E-state index < -0.39 is 23.5 Å². The molecule has 0 radical (unpaired) electrons. The highest BCUT2D eigenvalue weighted by Gasteiger charge is 2.36. The van der Waals surface area contributed by atoms with Crippen LogP contribution in [0.5, 0.6) is 0 Å². The number of hydrogen-bond donors (Lipinski definition) is 1. The second-order valence-electron chi connectivity index (χ2n) is 5.97. The maximum atomic E-state index is 13.7. The van der Waals surface area contributed by atoms with Crippen molar-refractivity contribution in [1.82, 2.24) is 4.90 Å². The summed E-state index contributed by atoms with van der Waals surface area (Å²) in [5, 5.41) is 2.45. The first kappa shape index (κ1) is 16.7. The zero-order chi connectivity index (χ0) is 19.0. The first-order valence-corrected chi connectivity index (χ1v) is 8.13. The number of carbonyl (C=O) groups is 3. The fourth-order valence-electron chi connectivity index (χ4n) is 2.89. The number of benzene rings is 2. The topological polar surface area (TPSA) is 79.6 Å². The Labute approximate surface area is 153 Å². The molecule has 0 saturated carbocycles. The van der Waals surface area contributed by atoms with Crippen LogP contribution in [-0.2, 0) is 6.54 Å². The largest absolute Gasteiger partial charge is 0.467 e. The number of nitrogens with one attached hydrogen (secondary N) is 1. The molecule has 1 N–H and O–H groups in total. The molecule has 0 aliphatic carbocycles. The molecule has 4 rings (SSSR count). The maximum absolute atomic E-state index is 13.7. The highest BCUT2D eigenvalue weighted by molar-refractivity contribution is 6.22. The van der Waals surface area contributed by atoms with Gasteiger partial charge < -0.3 is 9.73 Å². The molecule has 1 aliphatic rings. The minimum absolute atomic E-state index is 0.0100. The lowest BCUT2D eigenvalue weighted by Crippen LogP contribution is -2.28. The van der Waals surface area contributed by atoms with Crippen molar-refractivity contribution < 1.29 is 23.2 Å². The fourth-order valence-corrected chi connectivity index (χ4v) is 2.89. The Morgan fingerprint density at radius 3 is 2.52 bits per heavy atom. The molecule has 0 fully saturated rings. The fraction of sp³-hybridized carbons (Fsp3) is 0.0500. The van der Waals surface area contributed by atoms with Crippen LogP contribution in [0, 0.1) is 5.82 Å². The minimum atomic E-state index is -0.576. The smallest absolute Gasteiger partial charge is 0.261 e. The van der Waals surface area contributed by atoms with Gasteiger partial charge in [-0.3, -0.25) is 19.3 Å². The van der Waals surface area contributed by atoms with E-state index in [1.807, 2.05) is 0 Å². The quantitative estimate of drug-likeness (QED) is 0.719. The van der Waals surface area contributed by atoms with Gasteiger partial charge in [0.05, 0.1) is 29.6 Å². The molecule has 2 aromatic carbocycles. The lowest BCUT2D eigenvalue weighted by molar-refractivity contribution is 0.0631. The number of hydrogen-bond acceptors (Lipinski definition) is 4. The molecule has 0 saturated heterocycles. The number of amides is 3. The third kappa shape index (κ3) is 2.99. The van der Waals surface area contributed by atoms with E-state index >= 15 is 0 Å². The number of anilines is 1. The molecule has 3 amide bonds. The number of fused-ring (bicyclic) bond motifs is 1. The highest BCUT2D eigenvalue weighted by Crippen LogP contribution is 2.26. The van der Waals surface area contributed by atoms with Crippen LogP contribution in [0.2, 0.25) is 0 Å². The van der Waals surface area contributed by atoms with E-state index in [1.54, 1.807) is 18.2 Å². The monoisotopic (exact) mass is 364 g/mol. The van der Waals surface area contributed by atoms with Crippen molar-refractivity contribution in [2.45, 2.75) is 6.54 Å². The van der Waals surface area contributed by atoms with Crippen molar-refractivity contribution in [1.29, 1.82) is 0 Å². The van der Waals surface area contributed by atoms with Gasteiger partial charge in [-0.25, -0.2) is 4.39 Å². The van der Waals surface area contributed by atoms with Crippen LogP contribution in [0.15, 0.2) is 65.3 Å². The zero-order valence-electron chi connectivity index (χ0n) is 13.9. The zero-order valence-corrected chi connectivity index (χ0v) is 13.9. The standard InChI is InChI=1S/C20H13FN2O4/c21-16-5-1-2-6-17(16)22-18(24)12-7-8-14-15(10-12)20(26)23(19(14)25)11-13-4-3-9-27-13/h1-10H,11H2,(H,22,24). The van der Waals surface area contributed by atoms with E-state index in [0.29, 0.717) is 5.76 Å². The molecule has 2 heterocycles. The van der Waals surface area contributed by atoms with Crippen LogP contribution in [0.1, 0.15) is 36.8 Å². The van der Waals surface area contributed by atoms with Gasteiger partial charge in [-0.15, -0.1) is 0 Å². The molecular weight excluding hydrogens is 351 g/mol. The van der Waals surface area contributed by atoms with E-state index in [2.05, 4.69) is 5.32 Å². The summed E-state index contributed by atoms with van der Waals surface area (Å²) < 4.78 is 18.9. The van der Waals surface area contributed by atoms with Gasteiger partial charge in [-0.1, -0.05) is 12.1 Å². The van der Waals surface area contributed by atoms with E-state index in [4.69, 9.17) is 4.42 Å². The van der Waals surface area contributed by atoms with Gasteiger partial charge >= 0.3 is 0 Å². The summed E-state index contributed by atoms with van der Waals surface area (Å²) in [6, 6.07) is 13.3. The lowest BCUT2D eigenvalue weighted by Gasteiger charge is -2.11. The first-order valence-electron chi connectivity index (χ1n) is 8.13. The first-order chi connectivity index (χ1) is 13.0. The van der Waals surface area contributed by atoms with Gasteiger partial charge in [0.15, 0.2) is 0 Å². The Hall–Kier alpha value is -3.74. The van der Waals surface area contributed by atoms with E-state index in [9.17, 15) is 18.8 Å². The van der Waals surface area contributed by atoms with Gasteiger partial charge in [-0.2, -0.15) is 0 Å². The average molecular weight is 364 g/mol. The normalized spacial score (nSPS) is 13.0. The molecule has 1 aliphatic heterocycles. The summed E-state index contributed by atoms with van der Waals surface area (Å²) in [6.45, 7) is 0.0100. The summed E-state index contributed by atoms with van der Waals surface area (Å²) in [6.07, 6.45) is 1.46. The number of furan rings is 1. The Morgan fingerprint density at radius 1 is 1.00 bits per heavy atom. The molecule has 0 spiro atoms. The van der Waals surface area contributed by atoms with Crippen LogP contribution in [0.4, 0.5) is 10.1 Å². The number of nitrogens with zero attached hydrogens (tertiary/aromatic N) is 1. The van der Waals surface area contributed by atoms with Crippen molar-refractivity contribution in [2.24, 2.45) is 0 Å². The van der Waals surface area contributed by atoms with Gasteiger partial charge in [0.25, 0.3) is 17.7 Å². The summed E-state index contributed by atoms with van der Waals surface area (Å²) in [4.78, 5) is 38.5. The molecule has 0 atom stereocenters. The minimum Gasteiger partial charge on any atom is -0.467 e. The molecule has 1 aromatic heterocycles. The van der Waals surface area contributed by atoms with Crippen LogP contribution in [-0.4, -0.2) is 22.6 Å². The number of halogens is 1. The molecule has 134 valence electrons. The Bertz CT molecular complexity index is 1060. The molecule has 6 nitrogen and oxygen atoms in total. The Balaban J connectivity index is 1.59. The number of carbonyl (C=O) groups excluding carboxylic acids is 3. The van der Waals surface area contributed by atoms with E-state index in [1.165, 1.54) is 42.7 Å². The Morgan fingerprint density at radius 2 is 1.78 bits per heavy atom. The summed E-state index contributed by atoms with van der Waals surface area (Å²) >= 11 is 0. The van der Waals surface area contributed by atoms with Crippen molar-refractivity contribution in [3.05, 3.63) is 89.1 Å². The summed E-state index contributed by atoms with van der Waals surface area (Å²) in [7, 11) is 0. The molecular formula is C20H13FN2O4. The third-order valence-electron chi connectivity index (χ3n) is 4.25. The SMILES string of the molecule is O=C(Nc1ccccc1F)c1ccc2c(c1)C(=O)N(Cc1ccco1)C2=O. The highest BCUT2D eigenvalue weighted by atomic mass is 19.1. The second-order valence-corrected chi connectivity index (χ2v) is 5.97. The van der Waals surface area contributed by atoms with Gasteiger partial charge in [-0.05, 0) is 42.5 Å². The van der Waals surface area contributed by atoms with Gasteiger partial charge in [0.2, 0.25) is 0 Å². The molecule has 0 bridgehead atoms. The lowest BCUT2D eigenvalue weighted by atomic mass is 10.1. The number of para-hydroxylation sites is 1. The van der Waals surface area contributed by atoms with Crippen LogP contribution in [0.25, 0.3) is 0 Å². The molecule has 0 unspecified atom stereocenters. The van der Waals surface area contributed by atoms with Gasteiger partial charge in [0.1, 0.15) is 11.6 Å². The van der Waals surface area contributed by atoms with Crippen molar-refractivity contribution >= 4 is 23.4 Å². The van der Waals surface area contributed by atoms with Crippen molar-refractivity contribution in [3.63, 3.8) is 0 Å². The van der Waals surface area contributed by atoms with Crippen LogP contribution < -0.4 is 5.32 Å². The predicted molar refractivity (Wildman–Crippen MR) is 93.7 cm³/mol. The number of rotatable bonds is 4. The molecule has 7 heteroatoms. The summed E-state index contributed by atoms with van der Waals surface area (Å²) in [5.74, 6) is -1.63.